The summed E-state index contributed by atoms with van der Waals surface area (Å²) in [6.07, 6.45) is 1.94. The summed E-state index contributed by atoms with van der Waals surface area (Å²) in [5.74, 6) is 1.06. The van der Waals surface area contributed by atoms with E-state index in [0.717, 1.165) is 29.4 Å². The van der Waals surface area contributed by atoms with Crippen LogP contribution in [0.3, 0.4) is 0 Å². The minimum absolute atomic E-state index is 0.0176. The average molecular weight is 434 g/mol. The Kier molecular flexibility index (Phi) is 5.48. The zero-order valence-electron chi connectivity index (χ0n) is 17.3. The molecular formula is C21H27N3O5S. The number of ether oxygens (including phenoxy) is 2. The van der Waals surface area contributed by atoms with Gasteiger partial charge in [-0.05, 0) is 31.4 Å². The third-order valence-corrected chi connectivity index (χ3v) is 7.92. The highest BCUT2D eigenvalue weighted by molar-refractivity contribution is 7.91. The van der Waals surface area contributed by atoms with Crippen molar-refractivity contribution in [2.45, 2.75) is 25.2 Å². The summed E-state index contributed by atoms with van der Waals surface area (Å²) >= 11 is 0. The van der Waals surface area contributed by atoms with Crippen molar-refractivity contribution in [1.29, 1.82) is 0 Å². The number of nitrogens with two attached hydrogens (primary N) is 1. The third kappa shape index (κ3) is 3.90. The number of amides is 1. The molecule has 3 heterocycles. The molecule has 0 aliphatic carbocycles. The first-order valence-electron chi connectivity index (χ1n) is 10.1. The maximum absolute atomic E-state index is 12.7. The van der Waals surface area contributed by atoms with Crippen molar-refractivity contribution < 1.29 is 22.7 Å². The van der Waals surface area contributed by atoms with Crippen LogP contribution in [0.5, 0.6) is 11.5 Å². The Morgan fingerprint density at radius 2 is 1.77 bits per heavy atom. The normalized spacial score (nSPS) is 21.7. The molecule has 0 spiro atoms. The van der Waals surface area contributed by atoms with Crippen LogP contribution in [0, 0.1) is 5.92 Å². The number of hydrogen-bond acceptors (Lipinski definition) is 7. The van der Waals surface area contributed by atoms with Crippen molar-refractivity contribution in [3.05, 3.63) is 23.9 Å². The molecule has 0 radical (unpaired) electrons. The van der Waals surface area contributed by atoms with Gasteiger partial charge in [0, 0.05) is 30.5 Å². The Bertz CT molecular complexity index is 1080. The molecule has 2 fully saturated rings. The lowest BCUT2D eigenvalue weighted by molar-refractivity contribution is -0.135. The van der Waals surface area contributed by atoms with Crippen LogP contribution in [0.15, 0.2) is 18.2 Å². The van der Waals surface area contributed by atoms with E-state index in [0.29, 0.717) is 36.7 Å². The van der Waals surface area contributed by atoms with E-state index in [-0.39, 0.29) is 23.3 Å². The fourth-order valence-electron chi connectivity index (χ4n) is 4.48. The lowest BCUT2D eigenvalue weighted by Crippen LogP contribution is -2.41. The highest BCUT2D eigenvalue weighted by Gasteiger charge is 2.36. The fraction of sp³-hybridized carbons (Fsp3) is 0.524. The predicted octanol–water partition coefficient (Wildman–Crippen LogP) is 1.97. The molecule has 2 aliphatic heterocycles. The molecule has 1 amide bonds. The molecule has 30 heavy (non-hydrogen) atoms. The van der Waals surface area contributed by atoms with Gasteiger partial charge in [0.25, 0.3) is 0 Å². The number of methoxy groups -OCH3 is 2. The van der Waals surface area contributed by atoms with E-state index in [2.05, 4.69) is 0 Å². The van der Waals surface area contributed by atoms with Crippen LogP contribution < -0.4 is 15.2 Å². The zero-order chi connectivity index (χ0) is 21.5. The number of rotatable bonds is 4. The monoisotopic (exact) mass is 433 g/mol. The number of pyridine rings is 1. The van der Waals surface area contributed by atoms with Crippen molar-refractivity contribution in [1.82, 2.24) is 9.88 Å². The Morgan fingerprint density at radius 3 is 2.37 bits per heavy atom. The number of anilines is 1. The number of likely N-dealkylation sites (tertiary alicyclic amines) is 1. The van der Waals surface area contributed by atoms with E-state index in [1.54, 1.807) is 19.1 Å². The third-order valence-electron chi connectivity index (χ3n) is 6.16. The Labute approximate surface area is 176 Å². The van der Waals surface area contributed by atoms with Crippen LogP contribution in [-0.2, 0) is 14.6 Å². The molecule has 9 heteroatoms. The van der Waals surface area contributed by atoms with Gasteiger partial charge in [0.1, 0.15) is 0 Å². The lowest BCUT2D eigenvalue weighted by atomic mass is 9.91. The maximum Gasteiger partial charge on any atom is 0.226 e. The molecule has 1 unspecified atom stereocenters. The van der Waals surface area contributed by atoms with Gasteiger partial charge >= 0.3 is 0 Å². The van der Waals surface area contributed by atoms with Crippen LogP contribution in [0.4, 0.5) is 5.69 Å². The summed E-state index contributed by atoms with van der Waals surface area (Å²) in [4.78, 5) is 19.3. The van der Waals surface area contributed by atoms with Crippen LogP contribution in [0.25, 0.3) is 10.9 Å². The Balaban J connectivity index is 1.50. The number of hydrogen-bond donors (Lipinski definition) is 1. The Morgan fingerprint density at radius 1 is 1.10 bits per heavy atom. The molecule has 162 valence electrons. The summed E-state index contributed by atoms with van der Waals surface area (Å²) in [5, 5.41) is 0.879. The van der Waals surface area contributed by atoms with E-state index < -0.39 is 15.8 Å². The predicted molar refractivity (Wildman–Crippen MR) is 115 cm³/mol. The summed E-state index contributed by atoms with van der Waals surface area (Å²) < 4.78 is 34.1. The first kappa shape index (κ1) is 20.7. The van der Waals surface area contributed by atoms with E-state index in [9.17, 15) is 13.2 Å². The quantitative estimate of drug-likeness (QED) is 0.784. The van der Waals surface area contributed by atoms with Gasteiger partial charge < -0.3 is 20.1 Å². The number of carbonyl (C=O) groups is 1. The van der Waals surface area contributed by atoms with Crippen LogP contribution >= 0.6 is 0 Å². The molecule has 2 aromatic rings. The minimum Gasteiger partial charge on any atom is -0.493 e. The number of benzene rings is 1. The summed E-state index contributed by atoms with van der Waals surface area (Å²) in [5.41, 5.74) is 8.57. The Hall–Kier alpha value is -2.55. The maximum atomic E-state index is 12.7. The molecule has 1 atom stereocenters. The number of piperidine rings is 1. The lowest BCUT2D eigenvalue weighted by Gasteiger charge is -2.33. The second-order valence-corrected chi connectivity index (χ2v) is 10.3. The van der Waals surface area contributed by atoms with Crippen molar-refractivity contribution >= 4 is 32.3 Å². The number of fused-ring (bicyclic) bond motifs is 1. The van der Waals surface area contributed by atoms with Crippen LogP contribution in [-0.4, -0.2) is 63.0 Å². The number of aromatic nitrogens is 1. The van der Waals surface area contributed by atoms with Crippen LogP contribution in [0.2, 0.25) is 0 Å². The van der Waals surface area contributed by atoms with Gasteiger partial charge in [-0.1, -0.05) is 0 Å². The zero-order valence-corrected chi connectivity index (χ0v) is 18.1. The van der Waals surface area contributed by atoms with Gasteiger partial charge in [0.15, 0.2) is 21.3 Å². The number of carbonyl (C=O) groups excluding carboxylic acids is 1. The molecule has 1 aromatic heterocycles. The molecule has 2 N–H and O–H groups in total. The van der Waals surface area contributed by atoms with Gasteiger partial charge in [-0.25, -0.2) is 8.42 Å². The van der Waals surface area contributed by atoms with Gasteiger partial charge in [0.2, 0.25) is 5.91 Å². The highest BCUT2D eigenvalue weighted by atomic mass is 32.2. The molecule has 0 bridgehead atoms. The standard InChI is InChI=1S/C21H27N3O5S/c1-28-18-10-15-9-16(22)20(23-17(15)11-19(18)29-2)13-3-6-24(7-4-13)21(25)14-5-8-30(26,27)12-14/h9-11,13-14H,3-8,12,22H2,1-2H3. The van der Waals surface area contributed by atoms with E-state index in [1.807, 2.05) is 18.2 Å². The largest absolute Gasteiger partial charge is 0.493 e. The number of nitrogens with zero attached hydrogens (tertiary/aromatic N) is 2. The summed E-state index contributed by atoms with van der Waals surface area (Å²) in [6.45, 7) is 1.18. The molecule has 4 rings (SSSR count). The van der Waals surface area contributed by atoms with Crippen molar-refractivity contribution in [2.75, 3.05) is 44.5 Å². The van der Waals surface area contributed by atoms with Crippen molar-refractivity contribution in [3.63, 3.8) is 0 Å². The average Bonchev–Trinajstić information content (AvgIpc) is 3.11. The molecule has 2 aliphatic rings. The van der Waals surface area contributed by atoms with Crippen molar-refractivity contribution in [3.8, 4) is 11.5 Å². The first-order chi connectivity index (χ1) is 14.3. The number of nitrogen functional groups attached to an aromatic ring is 1. The SMILES string of the molecule is COc1cc2cc(N)c(C3CCN(C(=O)C4CCS(=O)(=O)C4)CC3)nc2cc1OC. The molecule has 2 saturated heterocycles. The van der Waals surface area contributed by atoms with E-state index in [4.69, 9.17) is 20.2 Å². The first-order valence-corrected chi connectivity index (χ1v) is 11.9. The molecular weight excluding hydrogens is 406 g/mol. The van der Waals surface area contributed by atoms with Gasteiger partial charge in [-0.15, -0.1) is 0 Å². The molecule has 1 aromatic carbocycles. The second kappa shape index (κ2) is 7.94. The second-order valence-electron chi connectivity index (χ2n) is 8.06. The minimum atomic E-state index is -3.06. The number of sulfone groups is 1. The fourth-order valence-corrected chi connectivity index (χ4v) is 6.21. The van der Waals surface area contributed by atoms with Crippen molar-refractivity contribution in [2.24, 2.45) is 5.92 Å². The van der Waals surface area contributed by atoms with Gasteiger partial charge in [-0.3, -0.25) is 9.78 Å². The van der Waals surface area contributed by atoms with Gasteiger partial charge in [-0.2, -0.15) is 0 Å². The van der Waals surface area contributed by atoms with Crippen LogP contribution in [0.1, 0.15) is 30.9 Å². The molecule has 8 nitrogen and oxygen atoms in total. The summed E-state index contributed by atoms with van der Waals surface area (Å²) in [6, 6.07) is 5.61. The topological polar surface area (TPSA) is 112 Å². The smallest absolute Gasteiger partial charge is 0.226 e. The van der Waals surface area contributed by atoms with Gasteiger partial charge in [0.05, 0.1) is 48.5 Å². The highest BCUT2D eigenvalue weighted by Crippen LogP contribution is 2.36. The van der Waals surface area contributed by atoms with E-state index >= 15 is 0 Å². The summed E-state index contributed by atoms with van der Waals surface area (Å²) in [7, 11) is 0.112. The van der Waals surface area contributed by atoms with E-state index in [1.165, 1.54) is 0 Å². The molecule has 0 saturated carbocycles.